The van der Waals surface area contributed by atoms with E-state index in [4.69, 9.17) is 14.2 Å². The van der Waals surface area contributed by atoms with E-state index in [9.17, 15) is 19.5 Å². The van der Waals surface area contributed by atoms with Gasteiger partial charge in [-0.3, -0.25) is 24.2 Å². The fourth-order valence-electron chi connectivity index (χ4n) is 7.22. The van der Waals surface area contributed by atoms with Crippen LogP contribution in [0.25, 0.3) is 11.1 Å². The number of carbonyl (C=O) groups is 3. The maximum absolute atomic E-state index is 13.1. The predicted molar refractivity (Wildman–Crippen MR) is 191 cm³/mol. The normalized spacial score (nSPS) is 22.3. The van der Waals surface area contributed by atoms with Crippen molar-refractivity contribution in [2.75, 3.05) is 13.1 Å². The summed E-state index contributed by atoms with van der Waals surface area (Å²) in [6.45, 7) is 7.21. The maximum atomic E-state index is 13.1. The SMILES string of the molecule is CC(C)(C)OC(=O)[C@@H]1CCCN1C[C@H]1C[C@@H](c2ccc(CO)cc2)O[C@@H](c2ccc(-c3cccc(CN4C(=O)c5ccccc5C4=O)c3)cc2)O1. The van der Waals surface area contributed by atoms with Crippen molar-refractivity contribution in [1.82, 2.24) is 9.80 Å². The number of benzene rings is 4. The second kappa shape index (κ2) is 14.5. The van der Waals surface area contributed by atoms with Crippen LogP contribution in [0.4, 0.5) is 0 Å². The topological polar surface area (TPSA) is 106 Å². The zero-order chi connectivity index (χ0) is 35.7. The number of hydrogen-bond donors (Lipinski definition) is 1. The molecule has 0 unspecified atom stereocenters. The first-order valence-electron chi connectivity index (χ1n) is 17.7. The molecule has 2 amide bonds. The Bertz CT molecular complexity index is 1860. The number of ether oxygens (including phenoxy) is 3. The van der Waals surface area contributed by atoms with E-state index in [2.05, 4.69) is 4.90 Å². The molecule has 3 heterocycles. The molecule has 4 aromatic rings. The summed E-state index contributed by atoms with van der Waals surface area (Å²) >= 11 is 0. The molecule has 51 heavy (non-hydrogen) atoms. The number of likely N-dealkylation sites (tertiary alicyclic amines) is 1. The van der Waals surface area contributed by atoms with E-state index in [0.717, 1.165) is 52.8 Å². The number of esters is 1. The number of nitrogens with zero attached hydrogens (tertiary/aromatic N) is 2. The van der Waals surface area contributed by atoms with Crippen molar-refractivity contribution < 1.29 is 33.7 Å². The molecule has 2 saturated heterocycles. The first-order valence-corrected chi connectivity index (χ1v) is 17.7. The molecule has 0 radical (unpaired) electrons. The molecule has 0 saturated carbocycles. The van der Waals surface area contributed by atoms with E-state index in [1.807, 2.05) is 93.6 Å². The second-order valence-corrected chi connectivity index (χ2v) is 14.6. The predicted octanol–water partition coefficient (Wildman–Crippen LogP) is 6.99. The van der Waals surface area contributed by atoms with Crippen molar-refractivity contribution >= 4 is 17.8 Å². The fourth-order valence-corrected chi connectivity index (χ4v) is 7.22. The van der Waals surface area contributed by atoms with Crippen LogP contribution in [0.3, 0.4) is 0 Å². The van der Waals surface area contributed by atoms with Crippen molar-refractivity contribution in [3.05, 3.63) is 130 Å². The van der Waals surface area contributed by atoms with Crippen LogP contribution in [0.1, 0.15) is 95.4 Å². The number of aliphatic hydroxyl groups is 1. The minimum Gasteiger partial charge on any atom is -0.459 e. The molecule has 2 fully saturated rings. The lowest BCUT2D eigenvalue weighted by Crippen LogP contribution is -2.45. The molecule has 0 bridgehead atoms. The van der Waals surface area contributed by atoms with Crippen LogP contribution in [0, 0.1) is 0 Å². The van der Waals surface area contributed by atoms with E-state index in [1.165, 1.54) is 4.90 Å². The Balaban J connectivity index is 1.08. The summed E-state index contributed by atoms with van der Waals surface area (Å²) in [4.78, 5) is 42.5. The second-order valence-electron chi connectivity index (χ2n) is 14.6. The molecule has 3 aliphatic heterocycles. The monoisotopic (exact) mass is 688 g/mol. The Hall–Kier alpha value is -4.67. The molecule has 9 heteroatoms. The van der Waals surface area contributed by atoms with E-state index >= 15 is 0 Å². The van der Waals surface area contributed by atoms with Gasteiger partial charge in [0.05, 0.1) is 36.5 Å². The third-order valence-corrected chi connectivity index (χ3v) is 9.76. The number of imide groups is 1. The number of amides is 2. The highest BCUT2D eigenvalue weighted by Gasteiger charge is 2.39. The summed E-state index contributed by atoms with van der Waals surface area (Å²) in [6, 6.07) is 30.4. The summed E-state index contributed by atoms with van der Waals surface area (Å²) in [7, 11) is 0. The van der Waals surface area contributed by atoms with Gasteiger partial charge in [0.25, 0.3) is 11.8 Å². The third-order valence-electron chi connectivity index (χ3n) is 9.76. The highest BCUT2D eigenvalue weighted by Crippen LogP contribution is 2.39. The van der Waals surface area contributed by atoms with Crippen LogP contribution in [0.2, 0.25) is 0 Å². The first kappa shape index (κ1) is 34.8. The fraction of sp³-hybridized carbons (Fsp3) is 0.357. The van der Waals surface area contributed by atoms with Gasteiger partial charge in [-0.2, -0.15) is 0 Å². The van der Waals surface area contributed by atoms with Gasteiger partial charge in [0.1, 0.15) is 11.6 Å². The van der Waals surface area contributed by atoms with Gasteiger partial charge < -0.3 is 19.3 Å². The summed E-state index contributed by atoms with van der Waals surface area (Å²) < 4.78 is 19.0. The molecular formula is C42H44N2O7. The first-order chi connectivity index (χ1) is 24.6. The number of hydrogen-bond acceptors (Lipinski definition) is 8. The van der Waals surface area contributed by atoms with Crippen LogP contribution < -0.4 is 0 Å². The van der Waals surface area contributed by atoms with Crippen molar-refractivity contribution in [2.45, 2.75) is 83.3 Å². The highest BCUT2D eigenvalue weighted by molar-refractivity contribution is 6.21. The highest BCUT2D eigenvalue weighted by atomic mass is 16.7. The Morgan fingerprint density at radius 1 is 0.824 bits per heavy atom. The molecule has 0 aromatic heterocycles. The van der Waals surface area contributed by atoms with Crippen LogP contribution in [-0.4, -0.2) is 63.5 Å². The lowest BCUT2D eigenvalue weighted by Gasteiger charge is -2.38. The average molecular weight is 689 g/mol. The zero-order valence-corrected chi connectivity index (χ0v) is 29.3. The molecule has 264 valence electrons. The molecule has 1 N–H and O–H groups in total. The van der Waals surface area contributed by atoms with Crippen LogP contribution in [0.15, 0.2) is 97.1 Å². The minimum absolute atomic E-state index is 0.0286. The van der Waals surface area contributed by atoms with Crippen molar-refractivity contribution in [1.29, 1.82) is 0 Å². The quantitative estimate of drug-likeness (QED) is 0.148. The lowest BCUT2D eigenvalue weighted by molar-refractivity contribution is -0.253. The van der Waals surface area contributed by atoms with Crippen molar-refractivity contribution in [3.63, 3.8) is 0 Å². The van der Waals surface area contributed by atoms with Crippen LogP contribution in [0.5, 0.6) is 0 Å². The van der Waals surface area contributed by atoms with E-state index in [0.29, 0.717) is 24.1 Å². The van der Waals surface area contributed by atoms with E-state index in [1.54, 1.807) is 24.3 Å². The lowest BCUT2D eigenvalue weighted by atomic mass is 9.98. The van der Waals surface area contributed by atoms with Crippen molar-refractivity contribution in [3.8, 4) is 11.1 Å². The van der Waals surface area contributed by atoms with Crippen LogP contribution >= 0.6 is 0 Å². The summed E-state index contributed by atoms with van der Waals surface area (Å²) in [6.07, 6.45) is 1.21. The standard InChI is InChI=1S/C42H44N2O7/c1-42(2,3)51-40(48)36-12-7-21-43(36)25-33-23-37(30-15-13-27(26-45)14-16-30)50-41(49-33)31-19-17-29(18-20-31)32-9-6-8-28(22-32)24-44-38(46)34-10-4-5-11-35(34)39(44)47/h4-6,8-11,13-20,22,33,36-37,41,45H,7,12,21,23-26H2,1-3H3/t33-,36+,37+,41+/m1/s1. The summed E-state index contributed by atoms with van der Waals surface area (Å²) in [5, 5.41) is 9.59. The van der Waals surface area contributed by atoms with Crippen LogP contribution in [-0.2, 0) is 32.2 Å². The molecule has 7 rings (SSSR count). The van der Waals surface area contributed by atoms with Gasteiger partial charge in [0, 0.05) is 18.5 Å². The molecule has 3 aliphatic rings. The number of fused-ring (bicyclic) bond motifs is 1. The third kappa shape index (κ3) is 7.67. The molecule has 9 nitrogen and oxygen atoms in total. The van der Waals surface area contributed by atoms with Gasteiger partial charge in [0.2, 0.25) is 0 Å². The smallest absolute Gasteiger partial charge is 0.323 e. The Labute approximate surface area is 298 Å². The number of aliphatic hydroxyl groups excluding tert-OH is 1. The largest absolute Gasteiger partial charge is 0.459 e. The van der Waals surface area contributed by atoms with Gasteiger partial charge in [-0.05, 0) is 86.2 Å². The van der Waals surface area contributed by atoms with E-state index in [-0.39, 0.29) is 49.2 Å². The Kier molecular flexibility index (Phi) is 9.90. The van der Waals surface area contributed by atoms with Gasteiger partial charge in [-0.15, -0.1) is 0 Å². The number of carbonyl (C=O) groups excluding carboxylic acids is 3. The molecule has 4 aromatic carbocycles. The maximum Gasteiger partial charge on any atom is 0.323 e. The molecule has 4 atom stereocenters. The summed E-state index contributed by atoms with van der Waals surface area (Å²) in [5.74, 6) is -0.740. The molecule has 0 aliphatic carbocycles. The molecule has 0 spiro atoms. The summed E-state index contributed by atoms with van der Waals surface area (Å²) in [5.41, 5.74) is 5.83. The zero-order valence-electron chi connectivity index (χ0n) is 29.3. The average Bonchev–Trinajstić information content (AvgIpc) is 3.69. The molecular weight excluding hydrogens is 644 g/mol. The number of rotatable bonds is 9. The Morgan fingerprint density at radius 3 is 2.18 bits per heavy atom. The van der Waals surface area contributed by atoms with Gasteiger partial charge >= 0.3 is 5.97 Å². The van der Waals surface area contributed by atoms with E-state index < -0.39 is 11.9 Å². The van der Waals surface area contributed by atoms with Gasteiger partial charge in [-0.1, -0.05) is 78.9 Å². The van der Waals surface area contributed by atoms with Crippen molar-refractivity contribution in [2.24, 2.45) is 0 Å². The minimum atomic E-state index is -0.636. The Morgan fingerprint density at radius 2 is 1.51 bits per heavy atom. The van der Waals surface area contributed by atoms with Gasteiger partial charge in [0.15, 0.2) is 6.29 Å². The van der Waals surface area contributed by atoms with Gasteiger partial charge in [-0.25, -0.2) is 0 Å².